The molecule has 74 valence electrons. The maximum atomic E-state index is 3.42. The van der Waals surface area contributed by atoms with Crippen LogP contribution in [0.3, 0.4) is 0 Å². The fourth-order valence-corrected chi connectivity index (χ4v) is 1.77. The lowest BCUT2D eigenvalue weighted by Gasteiger charge is -2.15. The molecule has 0 saturated carbocycles. The number of nitrogens with one attached hydrogen (secondary N) is 2. The molecule has 0 amide bonds. The number of hydrogen-bond donors (Lipinski definition) is 2. The molecule has 2 nitrogen and oxygen atoms in total. The van der Waals surface area contributed by atoms with Crippen LogP contribution in [0.25, 0.3) is 0 Å². The Morgan fingerprint density at radius 3 is 2.33 bits per heavy atom. The molecule has 0 aromatic rings. The summed E-state index contributed by atoms with van der Waals surface area (Å²) in [4.78, 5) is 0. The molecule has 12 heavy (non-hydrogen) atoms. The van der Waals surface area contributed by atoms with Gasteiger partial charge in [0, 0.05) is 0 Å². The first-order valence-electron chi connectivity index (χ1n) is 5.23. The Bertz CT molecular complexity index is 93.8. The average molecular weight is 172 g/mol. The largest absolute Gasteiger partial charge is 0.319 e. The highest BCUT2D eigenvalue weighted by Gasteiger charge is 2.23. The van der Waals surface area contributed by atoms with Crippen molar-refractivity contribution in [2.75, 3.05) is 26.7 Å². The van der Waals surface area contributed by atoms with Gasteiger partial charge in [-0.05, 0) is 38.5 Å². The molecule has 1 aliphatic rings. The highest BCUT2D eigenvalue weighted by molar-refractivity contribution is 4.80. The molecule has 0 spiro atoms. The molecule has 2 atom stereocenters. The second-order valence-corrected chi connectivity index (χ2v) is 3.14. The van der Waals surface area contributed by atoms with Crippen molar-refractivity contribution in [2.24, 2.45) is 11.8 Å². The summed E-state index contributed by atoms with van der Waals surface area (Å²) in [6.45, 7) is 9.88. The van der Waals surface area contributed by atoms with Crippen molar-refractivity contribution in [2.45, 2.75) is 27.2 Å². The minimum absolute atomic E-state index is 0.870. The standard InChI is InChI=1S/C8H18N2.C2H6/c1-3-7-5-10-6-8(7)4-9-2;1-2/h7-10H,3-6H2,1-2H3;1-2H3. The predicted molar refractivity (Wildman–Crippen MR) is 55.4 cm³/mol. The Kier molecular flexibility index (Phi) is 7.51. The summed E-state index contributed by atoms with van der Waals surface area (Å²) >= 11 is 0. The summed E-state index contributed by atoms with van der Waals surface area (Å²) in [7, 11) is 2.03. The van der Waals surface area contributed by atoms with Crippen LogP contribution in [0.4, 0.5) is 0 Å². The number of hydrogen-bond acceptors (Lipinski definition) is 2. The van der Waals surface area contributed by atoms with E-state index in [2.05, 4.69) is 17.6 Å². The maximum Gasteiger partial charge on any atom is -0.000513 e. The van der Waals surface area contributed by atoms with Gasteiger partial charge < -0.3 is 10.6 Å². The Labute approximate surface area is 77.1 Å². The lowest BCUT2D eigenvalue weighted by atomic mass is 9.94. The highest BCUT2D eigenvalue weighted by Crippen LogP contribution is 2.18. The van der Waals surface area contributed by atoms with Gasteiger partial charge in [-0.15, -0.1) is 0 Å². The molecule has 1 rings (SSSR count). The first kappa shape index (κ1) is 11.9. The summed E-state index contributed by atoms with van der Waals surface area (Å²) in [6.07, 6.45) is 1.32. The van der Waals surface area contributed by atoms with Gasteiger partial charge in [-0.3, -0.25) is 0 Å². The lowest BCUT2D eigenvalue weighted by molar-refractivity contribution is 0.396. The molecule has 2 unspecified atom stereocenters. The summed E-state index contributed by atoms with van der Waals surface area (Å²) in [5.41, 5.74) is 0. The SMILES string of the molecule is CC.CCC1CNCC1CNC. The molecule has 0 aromatic heterocycles. The molecular formula is C10H24N2. The fraction of sp³-hybridized carbons (Fsp3) is 1.00. The van der Waals surface area contributed by atoms with Gasteiger partial charge in [-0.1, -0.05) is 27.2 Å². The van der Waals surface area contributed by atoms with Crippen molar-refractivity contribution >= 4 is 0 Å². The van der Waals surface area contributed by atoms with Crippen LogP contribution in [0, 0.1) is 11.8 Å². The van der Waals surface area contributed by atoms with Crippen LogP contribution in [0.15, 0.2) is 0 Å². The van der Waals surface area contributed by atoms with Gasteiger partial charge in [0.25, 0.3) is 0 Å². The van der Waals surface area contributed by atoms with E-state index in [1.807, 2.05) is 20.9 Å². The third-order valence-corrected chi connectivity index (χ3v) is 2.47. The van der Waals surface area contributed by atoms with Crippen LogP contribution in [0.1, 0.15) is 27.2 Å². The van der Waals surface area contributed by atoms with Gasteiger partial charge in [0.15, 0.2) is 0 Å². The topological polar surface area (TPSA) is 24.1 Å². The van der Waals surface area contributed by atoms with E-state index < -0.39 is 0 Å². The van der Waals surface area contributed by atoms with E-state index in [4.69, 9.17) is 0 Å². The molecule has 1 aliphatic heterocycles. The van der Waals surface area contributed by atoms with Crippen LogP contribution >= 0.6 is 0 Å². The number of rotatable bonds is 3. The fourth-order valence-electron chi connectivity index (χ4n) is 1.77. The van der Waals surface area contributed by atoms with E-state index in [0.29, 0.717) is 0 Å². The van der Waals surface area contributed by atoms with Gasteiger partial charge in [-0.25, -0.2) is 0 Å². The molecule has 1 heterocycles. The summed E-state index contributed by atoms with van der Waals surface area (Å²) in [5, 5.41) is 6.65. The van der Waals surface area contributed by atoms with E-state index >= 15 is 0 Å². The molecular weight excluding hydrogens is 148 g/mol. The summed E-state index contributed by atoms with van der Waals surface area (Å²) < 4.78 is 0. The third-order valence-electron chi connectivity index (χ3n) is 2.47. The first-order valence-corrected chi connectivity index (χ1v) is 5.23. The van der Waals surface area contributed by atoms with Gasteiger partial charge in [0.05, 0.1) is 0 Å². The summed E-state index contributed by atoms with van der Waals surface area (Å²) in [5.74, 6) is 1.78. The van der Waals surface area contributed by atoms with Crippen LogP contribution in [-0.4, -0.2) is 26.7 Å². The normalized spacial score (nSPS) is 28.0. The smallest absolute Gasteiger partial charge is 0.000513 e. The molecule has 1 saturated heterocycles. The Hall–Kier alpha value is -0.0800. The van der Waals surface area contributed by atoms with E-state index in [9.17, 15) is 0 Å². The maximum absolute atomic E-state index is 3.42. The lowest BCUT2D eigenvalue weighted by Crippen LogP contribution is -2.24. The Balaban J connectivity index is 0.000000561. The van der Waals surface area contributed by atoms with Crippen LogP contribution in [0.2, 0.25) is 0 Å². The molecule has 0 aliphatic carbocycles. The van der Waals surface area contributed by atoms with Crippen molar-refractivity contribution in [1.29, 1.82) is 0 Å². The van der Waals surface area contributed by atoms with E-state index in [0.717, 1.165) is 11.8 Å². The van der Waals surface area contributed by atoms with Gasteiger partial charge >= 0.3 is 0 Å². The third kappa shape index (κ3) is 3.55. The minimum atomic E-state index is 0.870. The molecule has 0 radical (unpaired) electrons. The van der Waals surface area contributed by atoms with E-state index in [1.165, 1.54) is 26.1 Å². The van der Waals surface area contributed by atoms with Gasteiger partial charge in [0.2, 0.25) is 0 Å². The van der Waals surface area contributed by atoms with Crippen molar-refractivity contribution in [3.8, 4) is 0 Å². The predicted octanol–water partition coefficient (Wildman–Crippen LogP) is 1.48. The quantitative estimate of drug-likeness (QED) is 0.674. The highest BCUT2D eigenvalue weighted by atomic mass is 14.9. The van der Waals surface area contributed by atoms with Crippen molar-refractivity contribution in [3.63, 3.8) is 0 Å². The monoisotopic (exact) mass is 172 g/mol. The average Bonchev–Trinajstić information content (AvgIpc) is 2.56. The molecule has 2 N–H and O–H groups in total. The first-order chi connectivity index (χ1) is 5.88. The zero-order valence-corrected chi connectivity index (χ0v) is 8.98. The van der Waals surface area contributed by atoms with Crippen molar-refractivity contribution in [1.82, 2.24) is 10.6 Å². The molecule has 0 aromatic carbocycles. The molecule has 1 fully saturated rings. The van der Waals surface area contributed by atoms with Gasteiger partial charge in [-0.2, -0.15) is 0 Å². The zero-order chi connectivity index (χ0) is 9.40. The van der Waals surface area contributed by atoms with Gasteiger partial charge in [0.1, 0.15) is 0 Å². The second kappa shape index (κ2) is 7.56. The van der Waals surface area contributed by atoms with Crippen molar-refractivity contribution < 1.29 is 0 Å². The Morgan fingerprint density at radius 1 is 1.25 bits per heavy atom. The second-order valence-electron chi connectivity index (χ2n) is 3.14. The van der Waals surface area contributed by atoms with Crippen LogP contribution in [0.5, 0.6) is 0 Å². The molecule has 2 heteroatoms. The van der Waals surface area contributed by atoms with Crippen molar-refractivity contribution in [3.05, 3.63) is 0 Å². The minimum Gasteiger partial charge on any atom is -0.319 e. The Morgan fingerprint density at radius 2 is 1.83 bits per heavy atom. The van der Waals surface area contributed by atoms with Crippen LogP contribution in [-0.2, 0) is 0 Å². The molecule has 0 bridgehead atoms. The van der Waals surface area contributed by atoms with E-state index in [1.54, 1.807) is 0 Å². The summed E-state index contributed by atoms with van der Waals surface area (Å²) in [6, 6.07) is 0. The van der Waals surface area contributed by atoms with E-state index in [-0.39, 0.29) is 0 Å². The zero-order valence-electron chi connectivity index (χ0n) is 8.98. The van der Waals surface area contributed by atoms with Crippen LogP contribution < -0.4 is 10.6 Å².